The topological polar surface area (TPSA) is 106 Å². The van der Waals surface area contributed by atoms with Gasteiger partial charge in [-0.2, -0.15) is 0 Å². The fraction of sp³-hybridized carbons (Fsp3) is 0.250. The number of amides is 2. The smallest absolute Gasteiger partial charge is 0.265 e. The summed E-state index contributed by atoms with van der Waals surface area (Å²) in [7, 11) is 0. The minimum atomic E-state index is -0.384. The molecule has 0 radical (unpaired) electrons. The highest BCUT2D eigenvalue weighted by atomic mass is 16.6. The first-order valence-corrected chi connectivity index (χ1v) is 8.94. The van der Waals surface area contributed by atoms with Gasteiger partial charge in [-0.1, -0.05) is 29.4 Å². The first-order valence-electron chi connectivity index (χ1n) is 8.94. The van der Waals surface area contributed by atoms with Crippen LogP contribution in [0.2, 0.25) is 0 Å². The van der Waals surface area contributed by atoms with Crippen molar-refractivity contribution in [2.75, 3.05) is 30.0 Å². The van der Waals surface area contributed by atoms with E-state index >= 15 is 0 Å². The number of nitrogens with two attached hydrogens (primary N) is 1. The number of nitrogens with zero attached hydrogens (tertiary/aromatic N) is 2. The highest BCUT2D eigenvalue weighted by molar-refractivity contribution is 5.97. The van der Waals surface area contributed by atoms with Crippen molar-refractivity contribution in [3.05, 3.63) is 54.6 Å². The lowest BCUT2D eigenvalue weighted by molar-refractivity contribution is -0.120. The normalized spacial score (nSPS) is 14.1. The van der Waals surface area contributed by atoms with Gasteiger partial charge in [0.25, 0.3) is 5.91 Å². The van der Waals surface area contributed by atoms with E-state index < -0.39 is 0 Å². The summed E-state index contributed by atoms with van der Waals surface area (Å²) in [6, 6.07) is 16.3. The van der Waals surface area contributed by atoms with Crippen molar-refractivity contribution < 1.29 is 19.2 Å². The van der Waals surface area contributed by atoms with Crippen LogP contribution in [-0.2, 0) is 14.4 Å². The molecule has 146 valence electrons. The van der Waals surface area contributed by atoms with Crippen molar-refractivity contribution in [2.24, 2.45) is 10.9 Å². The molecule has 0 aliphatic carbocycles. The minimum absolute atomic E-state index is 0.0531. The van der Waals surface area contributed by atoms with E-state index in [1.165, 1.54) is 0 Å². The standard InChI is InChI=1S/C20H22N4O4/c21-18(13-27-17-8-2-1-3-9-17)23-28-14-19(25)22-15-6-4-7-16(12-15)24-11-5-10-20(24)26/h1-4,6-9,12H,5,10-11,13-14H2,(H2,21,23)(H,22,25). The van der Waals surface area contributed by atoms with Gasteiger partial charge in [0.1, 0.15) is 12.4 Å². The molecule has 3 N–H and O–H groups in total. The number of nitrogens with one attached hydrogen (secondary N) is 1. The molecule has 0 atom stereocenters. The molecule has 1 saturated heterocycles. The Bertz CT molecular complexity index is 854. The van der Waals surface area contributed by atoms with E-state index in [4.69, 9.17) is 15.3 Å². The number of amidine groups is 1. The van der Waals surface area contributed by atoms with Crippen LogP contribution in [0, 0.1) is 0 Å². The van der Waals surface area contributed by atoms with Gasteiger partial charge in [-0.15, -0.1) is 0 Å². The summed E-state index contributed by atoms with van der Waals surface area (Å²) in [5.41, 5.74) is 7.04. The summed E-state index contributed by atoms with van der Waals surface area (Å²) >= 11 is 0. The van der Waals surface area contributed by atoms with Gasteiger partial charge in [-0.05, 0) is 36.8 Å². The quantitative estimate of drug-likeness (QED) is 0.413. The molecular weight excluding hydrogens is 360 g/mol. The maximum Gasteiger partial charge on any atom is 0.265 e. The van der Waals surface area contributed by atoms with E-state index in [0.717, 1.165) is 12.1 Å². The summed E-state index contributed by atoms with van der Waals surface area (Å²) in [4.78, 5) is 30.5. The molecule has 1 heterocycles. The van der Waals surface area contributed by atoms with Crippen LogP contribution < -0.4 is 20.7 Å². The van der Waals surface area contributed by atoms with E-state index in [1.54, 1.807) is 35.2 Å². The van der Waals surface area contributed by atoms with Gasteiger partial charge < -0.3 is 25.5 Å². The Morgan fingerprint density at radius 2 is 1.96 bits per heavy atom. The van der Waals surface area contributed by atoms with Gasteiger partial charge in [0.05, 0.1) is 0 Å². The molecule has 1 fully saturated rings. The second kappa shape index (κ2) is 9.40. The van der Waals surface area contributed by atoms with E-state index in [1.807, 2.05) is 24.3 Å². The van der Waals surface area contributed by atoms with Gasteiger partial charge in [0.15, 0.2) is 12.4 Å². The molecular formula is C20H22N4O4. The first-order chi connectivity index (χ1) is 13.6. The Morgan fingerprint density at radius 1 is 1.14 bits per heavy atom. The maximum absolute atomic E-state index is 12.0. The number of rotatable bonds is 8. The van der Waals surface area contributed by atoms with Crippen LogP contribution in [0.1, 0.15) is 12.8 Å². The van der Waals surface area contributed by atoms with Gasteiger partial charge in [0, 0.05) is 24.3 Å². The molecule has 1 aliphatic heterocycles. The molecule has 2 amide bonds. The van der Waals surface area contributed by atoms with E-state index in [2.05, 4.69) is 10.5 Å². The van der Waals surface area contributed by atoms with Crippen molar-refractivity contribution in [3.8, 4) is 5.75 Å². The molecule has 8 nitrogen and oxygen atoms in total. The fourth-order valence-corrected chi connectivity index (χ4v) is 2.74. The lowest BCUT2D eigenvalue weighted by Gasteiger charge is -2.16. The van der Waals surface area contributed by atoms with Crippen molar-refractivity contribution in [1.29, 1.82) is 0 Å². The van der Waals surface area contributed by atoms with E-state index in [9.17, 15) is 9.59 Å². The third-order valence-electron chi connectivity index (χ3n) is 4.02. The molecule has 0 aromatic heterocycles. The predicted molar refractivity (Wildman–Crippen MR) is 106 cm³/mol. The monoisotopic (exact) mass is 382 g/mol. The van der Waals surface area contributed by atoms with Crippen LogP contribution in [0.25, 0.3) is 0 Å². The van der Waals surface area contributed by atoms with Crippen molar-refractivity contribution in [3.63, 3.8) is 0 Å². The van der Waals surface area contributed by atoms with Gasteiger partial charge in [0.2, 0.25) is 5.91 Å². The zero-order valence-corrected chi connectivity index (χ0v) is 15.3. The SMILES string of the molecule is NC(COc1ccccc1)=NOCC(=O)Nc1cccc(N2CCCC2=O)c1. The van der Waals surface area contributed by atoms with Gasteiger partial charge in [-0.25, -0.2) is 0 Å². The largest absolute Gasteiger partial charge is 0.486 e. The fourth-order valence-electron chi connectivity index (χ4n) is 2.74. The number of carbonyl (C=O) groups excluding carboxylic acids is 2. The summed E-state index contributed by atoms with van der Waals surface area (Å²) in [5, 5.41) is 6.38. The van der Waals surface area contributed by atoms with Gasteiger partial charge >= 0.3 is 0 Å². The Hall–Kier alpha value is -3.55. The molecule has 28 heavy (non-hydrogen) atoms. The molecule has 1 aliphatic rings. The number of oxime groups is 1. The number of hydrogen-bond acceptors (Lipinski definition) is 5. The number of hydrogen-bond donors (Lipinski definition) is 2. The third-order valence-corrected chi connectivity index (χ3v) is 4.02. The molecule has 0 unspecified atom stereocenters. The molecule has 0 bridgehead atoms. The van der Waals surface area contributed by atoms with Crippen LogP contribution in [0.3, 0.4) is 0 Å². The van der Waals surface area contributed by atoms with E-state index in [0.29, 0.717) is 24.4 Å². The first kappa shape index (κ1) is 19.2. The zero-order valence-electron chi connectivity index (χ0n) is 15.3. The molecule has 2 aromatic carbocycles. The average Bonchev–Trinajstić information content (AvgIpc) is 3.13. The lowest BCUT2D eigenvalue weighted by Crippen LogP contribution is -2.24. The second-order valence-corrected chi connectivity index (χ2v) is 6.21. The van der Waals surface area contributed by atoms with Crippen molar-refractivity contribution in [2.45, 2.75) is 12.8 Å². The van der Waals surface area contributed by atoms with Crippen LogP contribution in [0.5, 0.6) is 5.75 Å². The third kappa shape index (κ3) is 5.47. The summed E-state index contributed by atoms with van der Waals surface area (Å²) in [6.07, 6.45) is 1.40. The van der Waals surface area contributed by atoms with Crippen LogP contribution in [-0.4, -0.2) is 37.4 Å². The number of para-hydroxylation sites is 1. The van der Waals surface area contributed by atoms with Crippen LogP contribution in [0.4, 0.5) is 11.4 Å². The highest BCUT2D eigenvalue weighted by Gasteiger charge is 2.21. The minimum Gasteiger partial charge on any atom is -0.486 e. The number of ether oxygens (including phenoxy) is 1. The van der Waals surface area contributed by atoms with E-state index in [-0.39, 0.29) is 30.9 Å². The van der Waals surface area contributed by atoms with Crippen LogP contribution in [0.15, 0.2) is 59.8 Å². The Balaban J connectivity index is 1.44. The highest BCUT2D eigenvalue weighted by Crippen LogP contribution is 2.24. The predicted octanol–water partition coefficient (Wildman–Crippen LogP) is 2.12. The molecule has 8 heteroatoms. The maximum atomic E-state index is 12.0. The summed E-state index contributed by atoms with van der Waals surface area (Å²) in [5.74, 6) is 0.487. The van der Waals surface area contributed by atoms with Gasteiger partial charge in [-0.3, -0.25) is 9.59 Å². The molecule has 0 spiro atoms. The van der Waals surface area contributed by atoms with Crippen LogP contribution >= 0.6 is 0 Å². The Labute approximate surface area is 162 Å². The zero-order chi connectivity index (χ0) is 19.8. The Kier molecular flexibility index (Phi) is 6.46. The van der Waals surface area contributed by atoms with Crippen molar-refractivity contribution >= 4 is 29.0 Å². The number of benzene rings is 2. The summed E-state index contributed by atoms with van der Waals surface area (Å²) < 4.78 is 5.42. The Morgan fingerprint density at radius 3 is 2.71 bits per heavy atom. The molecule has 2 aromatic rings. The second-order valence-electron chi connectivity index (χ2n) is 6.21. The molecule has 3 rings (SSSR count). The average molecular weight is 382 g/mol. The number of carbonyl (C=O) groups is 2. The molecule has 0 saturated carbocycles. The lowest BCUT2D eigenvalue weighted by atomic mass is 10.2. The summed E-state index contributed by atoms with van der Waals surface area (Å²) in [6.45, 7) is 0.453. The van der Waals surface area contributed by atoms with Crippen molar-refractivity contribution in [1.82, 2.24) is 0 Å². The number of anilines is 2.